The van der Waals surface area contributed by atoms with Gasteiger partial charge in [-0.3, -0.25) is 24.6 Å². The summed E-state index contributed by atoms with van der Waals surface area (Å²) in [6.45, 7) is 0. The van der Waals surface area contributed by atoms with Gasteiger partial charge in [-0.2, -0.15) is 0 Å². The fourth-order valence-corrected chi connectivity index (χ4v) is 6.69. The molecule has 2 amide bonds. The van der Waals surface area contributed by atoms with E-state index in [1.54, 1.807) is 12.1 Å². The number of carbonyl (C=O) groups is 2. The molecule has 2 bridgehead atoms. The summed E-state index contributed by atoms with van der Waals surface area (Å²) in [6.07, 6.45) is 0.504. The average Bonchev–Trinajstić information content (AvgIpc) is 3.59. The molecule has 2 saturated carbocycles. The van der Waals surface area contributed by atoms with Crippen molar-refractivity contribution < 1.29 is 19.3 Å². The number of non-ortho nitro benzene ring substituents is 1. The van der Waals surface area contributed by atoms with E-state index in [4.69, 9.17) is 4.84 Å². The van der Waals surface area contributed by atoms with Gasteiger partial charge >= 0.3 is 0 Å². The van der Waals surface area contributed by atoms with Crippen LogP contribution >= 0.6 is 0 Å². The molecule has 0 spiro atoms. The lowest BCUT2D eigenvalue weighted by molar-refractivity contribution is -0.384. The molecule has 2 heterocycles. The lowest BCUT2D eigenvalue weighted by Crippen LogP contribution is -2.41. The highest BCUT2D eigenvalue weighted by atomic mass is 16.6. The largest absolute Gasteiger partial charge is 0.391 e. The average molecular weight is 453 g/mol. The number of carbonyl (C=O) groups excluding carboxylic acids is 2. The Morgan fingerprint density at radius 2 is 1.59 bits per heavy atom. The van der Waals surface area contributed by atoms with Crippen molar-refractivity contribution in [3.05, 3.63) is 82.4 Å². The molecule has 8 nitrogen and oxygen atoms in total. The van der Waals surface area contributed by atoms with Gasteiger partial charge in [0.15, 0.2) is 0 Å². The van der Waals surface area contributed by atoms with Gasteiger partial charge < -0.3 is 4.84 Å². The van der Waals surface area contributed by atoms with Gasteiger partial charge in [0, 0.05) is 29.5 Å². The minimum Gasteiger partial charge on any atom is -0.391 e. The standard InChI is InChI=1S/C26H19N3O5/c30-25-20-18-12-19(24-22(18)23(27-34-24)14-6-8-16(9-7-14)29(32)33)21(20)26(31)28(25)17-10-5-13-3-1-2-4-15(13)11-17/h1-11,18-22,24H,12H2/t18-,19+,20+,21-,22-,24-/m0/s1. The molecule has 4 aliphatic rings. The lowest BCUT2D eigenvalue weighted by Gasteiger charge is -2.29. The number of rotatable bonds is 3. The monoisotopic (exact) mass is 453 g/mol. The van der Waals surface area contributed by atoms with Crippen molar-refractivity contribution in [3.8, 4) is 0 Å². The van der Waals surface area contributed by atoms with E-state index in [2.05, 4.69) is 5.16 Å². The molecule has 0 radical (unpaired) electrons. The first kappa shape index (κ1) is 19.4. The second-order valence-corrected chi connectivity index (χ2v) is 9.53. The number of hydrogen-bond acceptors (Lipinski definition) is 6. The third-order valence-electron chi connectivity index (χ3n) is 8.06. The van der Waals surface area contributed by atoms with E-state index in [1.807, 2.05) is 42.5 Å². The molecule has 2 aliphatic heterocycles. The zero-order valence-corrected chi connectivity index (χ0v) is 17.9. The summed E-state index contributed by atoms with van der Waals surface area (Å²) in [5, 5.41) is 17.3. The normalized spacial score (nSPS) is 30.9. The molecule has 8 heteroatoms. The SMILES string of the molecule is O=C1[C@@H]2[C@@H]3C[C@@H]([C@@H]4ON=C(c5ccc([N+](=O)[O-])cc5)[C@H]34)[C@@H]2C(=O)N1c1ccc2ccccc2c1. The van der Waals surface area contributed by atoms with Crippen molar-refractivity contribution in [1.29, 1.82) is 0 Å². The first-order valence-corrected chi connectivity index (χ1v) is 11.4. The number of amides is 2. The maximum Gasteiger partial charge on any atom is 0.269 e. The Balaban J connectivity index is 1.22. The zero-order valence-electron chi connectivity index (χ0n) is 17.9. The summed E-state index contributed by atoms with van der Waals surface area (Å²) in [5.74, 6) is -1.29. The number of imide groups is 1. The predicted octanol–water partition coefficient (Wildman–Crippen LogP) is 3.92. The van der Waals surface area contributed by atoms with Gasteiger partial charge in [-0.05, 0) is 47.4 Å². The zero-order chi connectivity index (χ0) is 23.1. The first-order valence-electron chi connectivity index (χ1n) is 11.4. The van der Waals surface area contributed by atoms with Crippen molar-refractivity contribution in [3.63, 3.8) is 0 Å². The third kappa shape index (κ3) is 2.45. The predicted molar refractivity (Wildman–Crippen MR) is 123 cm³/mol. The summed E-state index contributed by atoms with van der Waals surface area (Å²) >= 11 is 0. The van der Waals surface area contributed by atoms with Gasteiger partial charge in [0.25, 0.3) is 5.69 Å². The van der Waals surface area contributed by atoms with Crippen LogP contribution in [0, 0.1) is 39.7 Å². The minimum absolute atomic E-state index is 0.00964. The summed E-state index contributed by atoms with van der Waals surface area (Å²) in [5.41, 5.74) is 2.09. The molecule has 0 N–H and O–H groups in total. The molecular weight excluding hydrogens is 434 g/mol. The Bertz CT molecular complexity index is 1430. The van der Waals surface area contributed by atoms with E-state index in [0.29, 0.717) is 5.69 Å². The molecule has 0 unspecified atom stereocenters. The second-order valence-electron chi connectivity index (χ2n) is 9.53. The van der Waals surface area contributed by atoms with Crippen molar-refractivity contribution in [2.24, 2.45) is 34.7 Å². The quantitative estimate of drug-likeness (QED) is 0.340. The van der Waals surface area contributed by atoms with Crippen LogP contribution in [0.3, 0.4) is 0 Å². The molecule has 3 aromatic rings. The van der Waals surface area contributed by atoms with Crippen molar-refractivity contribution >= 4 is 39.7 Å². The van der Waals surface area contributed by atoms with Gasteiger partial charge in [-0.15, -0.1) is 0 Å². The van der Waals surface area contributed by atoms with Crippen LogP contribution in [0.15, 0.2) is 71.9 Å². The molecule has 1 saturated heterocycles. The van der Waals surface area contributed by atoms with Crippen LogP contribution in [-0.4, -0.2) is 28.6 Å². The Kier molecular flexibility index (Phi) is 3.84. The Labute approximate surface area is 193 Å². The van der Waals surface area contributed by atoms with Gasteiger partial charge in [0.05, 0.1) is 28.2 Å². The van der Waals surface area contributed by atoms with Crippen LogP contribution in [0.1, 0.15) is 12.0 Å². The lowest BCUT2D eigenvalue weighted by atomic mass is 9.71. The summed E-state index contributed by atoms with van der Waals surface area (Å²) in [4.78, 5) is 44.9. The minimum atomic E-state index is -0.439. The highest BCUT2D eigenvalue weighted by Gasteiger charge is 2.70. The molecule has 34 heavy (non-hydrogen) atoms. The van der Waals surface area contributed by atoms with E-state index in [1.165, 1.54) is 17.0 Å². The fraction of sp³-hybridized carbons (Fsp3) is 0.269. The van der Waals surface area contributed by atoms with Gasteiger partial charge in [-0.25, -0.2) is 0 Å². The number of nitro benzene ring substituents is 1. The molecular formula is C26H19N3O5. The molecule has 6 atom stereocenters. The van der Waals surface area contributed by atoms with Gasteiger partial charge in [0.2, 0.25) is 11.8 Å². The maximum atomic E-state index is 13.6. The smallest absolute Gasteiger partial charge is 0.269 e. The Morgan fingerprint density at radius 3 is 2.32 bits per heavy atom. The van der Waals surface area contributed by atoms with Crippen LogP contribution < -0.4 is 4.90 Å². The number of oxime groups is 1. The molecule has 168 valence electrons. The third-order valence-corrected chi connectivity index (χ3v) is 8.06. The van der Waals surface area contributed by atoms with Crippen LogP contribution in [0.2, 0.25) is 0 Å². The fourth-order valence-electron chi connectivity index (χ4n) is 6.69. The number of anilines is 1. The summed E-state index contributed by atoms with van der Waals surface area (Å²) in [6, 6.07) is 19.8. The molecule has 2 aliphatic carbocycles. The second kappa shape index (κ2) is 6.72. The number of benzene rings is 3. The highest BCUT2D eigenvalue weighted by Crippen LogP contribution is 2.62. The molecule has 3 fully saturated rings. The number of nitrogens with zero attached hydrogens (tertiary/aromatic N) is 3. The van der Waals surface area contributed by atoms with E-state index in [0.717, 1.165) is 28.5 Å². The van der Waals surface area contributed by atoms with E-state index in [-0.39, 0.29) is 41.4 Å². The van der Waals surface area contributed by atoms with Crippen LogP contribution in [-0.2, 0) is 14.4 Å². The topological polar surface area (TPSA) is 102 Å². The van der Waals surface area contributed by atoms with Crippen molar-refractivity contribution in [2.75, 3.05) is 4.90 Å². The van der Waals surface area contributed by atoms with E-state index < -0.39 is 16.8 Å². The summed E-state index contributed by atoms with van der Waals surface area (Å²) in [7, 11) is 0. The number of fused-ring (bicyclic) bond motifs is 9. The van der Waals surface area contributed by atoms with Gasteiger partial charge in [-0.1, -0.05) is 35.5 Å². The first-order chi connectivity index (χ1) is 16.5. The number of nitro groups is 1. The van der Waals surface area contributed by atoms with Crippen LogP contribution in [0.4, 0.5) is 11.4 Å². The Hall–Kier alpha value is -4.07. The summed E-state index contributed by atoms with van der Waals surface area (Å²) < 4.78 is 0. The molecule has 7 rings (SSSR count). The van der Waals surface area contributed by atoms with Crippen LogP contribution in [0.5, 0.6) is 0 Å². The van der Waals surface area contributed by atoms with E-state index >= 15 is 0 Å². The Morgan fingerprint density at radius 1 is 0.882 bits per heavy atom. The molecule has 3 aromatic carbocycles. The number of hydrogen-bond donors (Lipinski definition) is 0. The van der Waals surface area contributed by atoms with Crippen molar-refractivity contribution in [2.45, 2.75) is 12.5 Å². The van der Waals surface area contributed by atoms with Gasteiger partial charge in [0.1, 0.15) is 6.10 Å². The molecule has 0 aromatic heterocycles. The van der Waals surface area contributed by atoms with E-state index in [9.17, 15) is 19.7 Å². The maximum absolute atomic E-state index is 13.6. The highest BCUT2D eigenvalue weighted by molar-refractivity contribution is 6.23. The van der Waals surface area contributed by atoms with Crippen LogP contribution in [0.25, 0.3) is 10.8 Å². The van der Waals surface area contributed by atoms with Crippen molar-refractivity contribution in [1.82, 2.24) is 0 Å².